The average Bonchev–Trinajstić information content (AvgIpc) is 3.26. The van der Waals surface area contributed by atoms with Crippen LogP contribution in [0.3, 0.4) is 0 Å². The Morgan fingerprint density at radius 3 is 3.13 bits per heavy atom. The molecular formula is C16H19N3O4. The summed E-state index contributed by atoms with van der Waals surface area (Å²) in [7, 11) is 0. The average molecular weight is 317 g/mol. The molecule has 122 valence electrons. The van der Waals surface area contributed by atoms with Crippen molar-refractivity contribution in [3.8, 4) is 11.5 Å². The van der Waals surface area contributed by atoms with Crippen molar-refractivity contribution in [1.29, 1.82) is 0 Å². The van der Waals surface area contributed by atoms with Gasteiger partial charge in [0, 0.05) is 31.8 Å². The highest BCUT2D eigenvalue weighted by molar-refractivity contribution is 5.76. The van der Waals surface area contributed by atoms with Crippen molar-refractivity contribution in [2.45, 2.75) is 13.0 Å². The summed E-state index contributed by atoms with van der Waals surface area (Å²) in [5, 5.41) is 16.5. The predicted octanol–water partition coefficient (Wildman–Crippen LogP) is 1.59. The van der Waals surface area contributed by atoms with Gasteiger partial charge in [0.1, 0.15) is 11.5 Å². The van der Waals surface area contributed by atoms with E-state index in [1.54, 1.807) is 6.20 Å². The molecule has 23 heavy (non-hydrogen) atoms. The van der Waals surface area contributed by atoms with Gasteiger partial charge < -0.3 is 14.3 Å². The maximum absolute atomic E-state index is 11.8. The highest BCUT2D eigenvalue weighted by Crippen LogP contribution is 2.43. The van der Waals surface area contributed by atoms with Crippen LogP contribution in [0, 0.1) is 11.3 Å². The number of hydrogen-bond acceptors (Lipinski definition) is 5. The zero-order valence-corrected chi connectivity index (χ0v) is 12.7. The fourth-order valence-corrected chi connectivity index (χ4v) is 3.75. The Morgan fingerprint density at radius 1 is 1.48 bits per heavy atom. The number of nitrogens with zero attached hydrogens (tertiary/aromatic N) is 2. The number of nitrogens with one attached hydrogen (secondary N) is 1. The summed E-state index contributed by atoms with van der Waals surface area (Å²) in [6.07, 6.45) is 2.26. The molecule has 0 bridgehead atoms. The molecule has 0 unspecified atom stereocenters. The van der Waals surface area contributed by atoms with E-state index in [1.165, 1.54) is 0 Å². The Bertz CT molecular complexity index is 696. The van der Waals surface area contributed by atoms with Crippen LogP contribution in [0.15, 0.2) is 28.8 Å². The summed E-state index contributed by atoms with van der Waals surface area (Å²) in [5.41, 5.74) is 0.165. The molecule has 7 nitrogen and oxygen atoms in total. The maximum atomic E-state index is 11.8. The molecule has 7 heteroatoms. The smallest absolute Gasteiger partial charge is 0.311 e. The molecule has 2 aromatic rings. The fourth-order valence-electron chi connectivity index (χ4n) is 3.75. The number of carboxylic acids is 1. The van der Waals surface area contributed by atoms with Crippen LogP contribution in [0.2, 0.25) is 0 Å². The van der Waals surface area contributed by atoms with Crippen LogP contribution in [-0.2, 0) is 16.1 Å². The summed E-state index contributed by atoms with van der Waals surface area (Å²) in [6, 6.07) is 5.69. The number of H-pyrrole nitrogens is 1. The van der Waals surface area contributed by atoms with Gasteiger partial charge in [0.2, 0.25) is 0 Å². The van der Waals surface area contributed by atoms with Gasteiger partial charge in [-0.2, -0.15) is 5.10 Å². The first-order valence-corrected chi connectivity index (χ1v) is 7.79. The Balaban J connectivity index is 1.49. The summed E-state index contributed by atoms with van der Waals surface area (Å²) in [4.78, 5) is 14.0. The van der Waals surface area contributed by atoms with Gasteiger partial charge in [-0.05, 0) is 24.6 Å². The fraction of sp³-hybridized carbons (Fsp3) is 0.500. The maximum Gasteiger partial charge on any atom is 0.311 e. The molecule has 0 aromatic carbocycles. The van der Waals surface area contributed by atoms with Crippen LogP contribution in [0.1, 0.15) is 12.2 Å². The van der Waals surface area contributed by atoms with Crippen LogP contribution in [0.5, 0.6) is 0 Å². The van der Waals surface area contributed by atoms with E-state index < -0.39 is 11.4 Å². The normalized spacial score (nSPS) is 27.9. The first-order chi connectivity index (χ1) is 11.2. The molecule has 0 amide bonds. The van der Waals surface area contributed by atoms with Crippen molar-refractivity contribution in [2.75, 3.05) is 26.3 Å². The minimum absolute atomic E-state index is 0.0517. The van der Waals surface area contributed by atoms with Gasteiger partial charge in [-0.3, -0.25) is 14.8 Å². The van der Waals surface area contributed by atoms with Crippen LogP contribution >= 0.6 is 0 Å². The van der Waals surface area contributed by atoms with Gasteiger partial charge in [-0.1, -0.05) is 0 Å². The SMILES string of the molecule is O=C(O)[C@]12CCOC[C@H]1CN(Cc1ccc(-c3ccn[nH]3)o1)C2. The molecule has 2 aliphatic heterocycles. The van der Waals surface area contributed by atoms with Gasteiger partial charge >= 0.3 is 5.97 Å². The second-order valence-corrected chi connectivity index (χ2v) is 6.39. The van der Waals surface area contributed by atoms with Gasteiger partial charge in [0.15, 0.2) is 5.76 Å². The molecule has 0 saturated carbocycles. The van der Waals surface area contributed by atoms with Gasteiger partial charge in [0.25, 0.3) is 0 Å². The number of likely N-dealkylation sites (tertiary alicyclic amines) is 1. The van der Waals surface area contributed by atoms with Crippen molar-refractivity contribution in [1.82, 2.24) is 15.1 Å². The molecule has 4 rings (SSSR count). The van der Waals surface area contributed by atoms with Crippen molar-refractivity contribution < 1.29 is 19.1 Å². The number of aromatic amines is 1. The lowest BCUT2D eigenvalue weighted by atomic mass is 9.74. The van der Waals surface area contributed by atoms with Gasteiger partial charge in [0.05, 0.1) is 18.6 Å². The van der Waals surface area contributed by atoms with Crippen molar-refractivity contribution in [3.05, 3.63) is 30.2 Å². The second kappa shape index (κ2) is 5.50. The van der Waals surface area contributed by atoms with E-state index in [9.17, 15) is 9.90 Å². The first kappa shape index (κ1) is 14.5. The molecule has 2 aliphatic rings. The van der Waals surface area contributed by atoms with E-state index in [-0.39, 0.29) is 5.92 Å². The van der Waals surface area contributed by atoms with Crippen LogP contribution in [0.4, 0.5) is 0 Å². The molecule has 0 spiro atoms. The lowest BCUT2D eigenvalue weighted by Crippen LogP contribution is -2.44. The highest BCUT2D eigenvalue weighted by Gasteiger charge is 2.53. The summed E-state index contributed by atoms with van der Waals surface area (Å²) >= 11 is 0. The third-order valence-corrected chi connectivity index (χ3v) is 5.01. The Kier molecular flexibility index (Phi) is 3.46. The molecule has 0 radical (unpaired) electrons. The van der Waals surface area contributed by atoms with E-state index >= 15 is 0 Å². The Morgan fingerprint density at radius 2 is 2.39 bits per heavy atom. The van der Waals surface area contributed by atoms with E-state index in [0.717, 1.165) is 23.8 Å². The predicted molar refractivity (Wildman–Crippen MR) is 80.6 cm³/mol. The summed E-state index contributed by atoms with van der Waals surface area (Å²) < 4.78 is 11.3. The van der Waals surface area contributed by atoms with E-state index in [2.05, 4.69) is 15.1 Å². The number of hydrogen-bond donors (Lipinski definition) is 2. The minimum Gasteiger partial charge on any atom is -0.481 e. The second-order valence-electron chi connectivity index (χ2n) is 6.39. The van der Waals surface area contributed by atoms with E-state index in [4.69, 9.17) is 9.15 Å². The Labute approximate surface area is 133 Å². The largest absolute Gasteiger partial charge is 0.481 e. The third kappa shape index (κ3) is 2.46. The molecule has 4 heterocycles. The highest BCUT2D eigenvalue weighted by atomic mass is 16.5. The number of aliphatic carboxylic acids is 1. The standard InChI is InChI=1S/C16H19N3O4/c20-15(21)16-4-6-22-9-11(16)7-19(10-16)8-12-1-2-14(23-12)13-3-5-17-18-13/h1-3,5,11H,4,6-10H2,(H,17,18)(H,20,21)/t11-,16+/m1/s1. The molecule has 2 N–H and O–H groups in total. The monoisotopic (exact) mass is 317 g/mol. The van der Waals surface area contributed by atoms with Crippen molar-refractivity contribution in [2.24, 2.45) is 11.3 Å². The molecular weight excluding hydrogens is 298 g/mol. The van der Waals surface area contributed by atoms with Crippen LogP contribution < -0.4 is 0 Å². The van der Waals surface area contributed by atoms with E-state index in [1.807, 2.05) is 18.2 Å². The number of aromatic nitrogens is 2. The molecule has 2 aromatic heterocycles. The number of furan rings is 1. The number of fused-ring (bicyclic) bond motifs is 1. The summed E-state index contributed by atoms with van der Waals surface area (Å²) in [6.45, 7) is 2.95. The third-order valence-electron chi connectivity index (χ3n) is 5.01. The van der Waals surface area contributed by atoms with E-state index in [0.29, 0.717) is 32.7 Å². The molecule has 2 fully saturated rings. The topological polar surface area (TPSA) is 91.6 Å². The lowest BCUT2D eigenvalue weighted by Gasteiger charge is -2.34. The molecule has 0 aliphatic carbocycles. The zero-order valence-electron chi connectivity index (χ0n) is 12.7. The van der Waals surface area contributed by atoms with Gasteiger partial charge in [-0.25, -0.2) is 0 Å². The van der Waals surface area contributed by atoms with Crippen LogP contribution in [0.25, 0.3) is 11.5 Å². The molecule has 2 atom stereocenters. The number of carbonyl (C=O) groups is 1. The number of carboxylic acid groups (broad SMARTS) is 1. The Hall–Kier alpha value is -2.12. The molecule has 2 saturated heterocycles. The van der Waals surface area contributed by atoms with Crippen LogP contribution in [-0.4, -0.2) is 52.5 Å². The lowest BCUT2D eigenvalue weighted by molar-refractivity contribution is -0.157. The summed E-state index contributed by atoms with van der Waals surface area (Å²) in [5.74, 6) is 0.918. The van der Waals surface area contributed by atoms with Crippen molar-refractivity contribution >= 4 is 5.97 Å². The number of rotatable bonds is 4. The van der Waals surface area contributed by atoms with Crippen molar-refractivity contribution in [3.63, 3.8) is 0 Å². The minimum atomic E-state index is -0.703. The quantitative estimate of drug-likeness (QED) is 0.890. The number of ether oxygens (including phenoxy) is 1. The zero-order chi connectivity index (χ0) is 15.9. The van der Waals surface area contributed by atoms with Gasteiger partial charge in [-0.15, -0.1) is 0 Å². The first-order valence-electron chi connectivity index (χ1n) is 7.79.